The highest BCUT2D eigenvalue weighted by molar-refractivity contribution is 5.98. The quantitative estimate of drug-likeness (QED) is 0.685. The summed E-state index contributed by atoms with van der Waals surface area (Å²) < 4.78 is 45.0. The lowest BCUT2D eigenvalue weighted by Gasteiger charge is -2.42. The summed E-state index contributed by atoms with van der Waals surface area (Å²) in [4.78, 5) is 30.3. The zero-order chi connectivity index (χ0) is 22.2. The van der Waals surface area contributed by atoms with Crippen molar-refractivity contribution >= 4 is 11.8 Å². The van der Waals surface area contributed by atoms with Gasteiger partial charge in [-0.15, -0.1) is 0 Å². The molecule has 170 valence electrons. The minimum absolute atomic E-state index is 0.116. The summed E-state index contributed by atoms with van der Waals surface area (Å²) in [6.45, 7) is 3.62. The smallest absolute Gasteiger partial charge is 0.353 e. The Morgan fingerprint density at radius 2 is 1.65 bits per heavy atom. The molecule has 0 aromatic heterocycles. The molecule has 2 aliphatic heterocycles. The molecule has 5 nitrogen and oxygen atoms in total. The topological polar surface area (TPSA) is 49.9 Å². The lowest BCUT2D eigenvalue weighted by atomic mass is 9.89. The van der Waals surface area contributed by atoms with Crippen LogP contribution in [0.15, 0.2) is 24.3 Å². The number of alkyl halides is 3. The summed E-state index contributed by atoms with van der Waals surface area (Å²) in [7, 11) is 0. The first kappa shape index (κ1) is 22.1. The average Bonchev–Trinajstić information content (AvgIpc) is 3.11. The molecule has 8 heteroatoms. The second-order valence-corrected chi connectivity index (χ2v) is 9.09. The van der Waals surface area contributed by atoms with Crippen LogP contribution in [0.4, 0.5) is 13.2 Å². The van der Waals surface area contributed by atoms with Gasteiger partial charge in [-0.25, -0.2) is 0 Å². The van der Waals surface area contributed by atoms with Crippen molar-refractivity contribution in [2.75, 3.05) is 19.7 Å². The molecule has 0 N–H and O–H groups in total. The highest BCUT2D eigenvalue weighted by Crippen LogP contribution is 2.42. The van der Waals surface area contributed by atoms with Gasteiger partial charge < -0.3 is 9.64 Å². The second-order valence-electron chi connectivity index (χ2n) is 9.09. The highest BCUT2D eigenvalue weighted by atomic mass is 19.4. The molecule has 1 spiro atoms. The van der Waals surface area contributed by atoms with Gasteiger partial charge in [-0.2, -0.15) is 13.2 Å². The Hall–Kier alpha value is -2.09. The van der Waals surface area contributed by atoms with Crippen molar-refractivity contribution in [2.45, 2.75) is 69.8 Å². The van der Waals surface area contributed by atoms with E-state index in [1.807, 2.05) is 4.90 Å². The number of halogens is 3. The molecule has 1 unspecified atom stereocenters. The molecule has 0 radical (unpaired) electrons. The predicted octanol–water partition coefficient (Wildman–Crippen LogP) is 4.47. The summed E-state index contributed by atoms with van der Waals surface area (Å²) >= 11 is 0. The van der Waals surface area contributed by atoms with Crippen molar-refractivity contribution in [3.8, 4) is 0 Å². The number of hydrogen-bond donors (Lipinski definition) is 0. The van der Waals surface area contributed by atoms with E-state index in [2.05, 4.69) is 6.92 Å². The fraction of sp³-hybridized carbons (Fsp3) is 0.652. The van der Waals surface area contributed by atoms with Crippen molar-refractivity contribution in [1.82, 2.24) is 9.80 Å². The van der Waals surface area contributed by atoms with Gasteiger partial charge in [0.15, 0.2) is 0 Å². The van der Waals surface area contributed by atoms with Gasteiger partial charge in [0, 0.05) is 18.7 Å². The maximum Gasteiger partial charge on any atom is 0.416 e. The van der Waals surface area contributed by atoms with Gasteiger partial charge in [-0.3, -0.25) is 14.5 Å². The molecule has 2 amide bonds. The zero-order valence-electron chi connectivity index (χ0n) is 17.8. The molecule has 1 aromatic rings. The third kappa shape index (κ3) is 4.31. The minimum Gasteiger partial charge on any atom is -0.353 e. The second kappa shape index (κ2) is 8.45. The van der Waals surface area contributed by atoms with Gasteiger partial charge in [0.25, 0.3) is 5.91 Å². The van der Waals surface area contributed by atoms with E-state index in [0.29, 0.717) is 31.8 Å². The molecule has 1 saturated carbocycles. The first-order chi connectivity index (χ1) is 14.7. The Kier molecular flexibility index (Phi) is 6.03. The first-order valence-electron chi connectivity index (χ1n) is 11.1. The Bertz CT molecular complexity index is 810. The van der Waals surface area contributed by atoms with E-state index in [0.717, 1.165) is 44.2 Å². The van der Waals surface area contributed by atoms with Gasteiger partial charge in [0.2, 0.25) is 5.91 Å². The highest BCUT2D eigenvalue weighted by Gasteiger charge is 2.53. The van der Waals surface area contributed by atoms with Gasteiger partial charge in [0.1, 0.15) is 11.8 Å². The van der Waals surface area contributed by atoms with Gasteiger partial charge in [-0.05, 0) is 68.7 Å². The van der Waals surface area contributed by atoms with Crippen LogP contribution in [0.1, 0.15) is 67.8 Å². The van der Waals surface area contributed by atoms with Crippen LogP contribution >= 0.6 is 0 Å². The molecule has 1 aromatic carbocycles. The van der Waals surface area contributed by atoms with E-state index in [1.165, 1.54) is 12.1 Å². The average molecular weight is 438 g/mol. The molecule has 2 saturated heterocycles. The van der Waals surface area contributed by atoms with E-state index in [9.17, 15) is 22.8 Å². The molecule has 2 heterocycles. The van der Waals surface area contributed by atoms with E-state index >= 15 is 0 Å². The molecule has 3 fully saturated rings. The molecule has 3 aliphatic rings. The van der Waals surface area contributed by atoms with E-state index in [1.54, 1.807) is 4.90 Å². The number of amides is 2. The number of benzene rings is 1. The molecular weight excluding hydrogens is 409 g/mol. The van der Waals surface area contributed by atoms with Crippen molar-refractivity contribution in [1.29, 1.82) is 0 Å². The lowest BCUT2D eigenvalue weighted by Crippen LogP contribution is -2.57. The number of piperidine rings is 1. The van der Waals surface area contributed by atoms with Crippen LogP contribution in [0, 0.1) is 5.92 Å². The zero-order valence-corrected chi connectivity index (χ0v) is 17.8. The fourth-order valence-corrected chi connectivity index (χ4v) is 5.04. The molecule has 4 rings (SSSR count). The van der Waals surface area contributed by atoms with E-state index < -0.39 is 29.4 Å². The number of hydrogen-bond acceptors (Lipinski definition) is 3. The maximum absolute atomic E-state index is 13.5. The fourth-order valence-electron chi connectivity index (χ4n) is 5.04. The Morgan fingerprint density at radius 3 is 2.23 bits per heavy atom. The van der Waals surface area contributed by atoms with Crippen molar-refractivity contribution < 1.29 is 27.5 Å². The summed E-state index contributed by atoms with van der Waals surface area (Å²) in [5, 5.41) is 0. The first-order valence-corrected chi connectivity index (χ1v) is 11.1. The molecule has 0 bridgehead atoms. The normalized spacial score (nSPS) is 24.6. The van der Waals surface area contributed by atoms with Crippen molar-refractivity contribution in [2.24, 2.45) is 5.92 Å². The van der Waals surface area contributed by atoms with Crippen LogP contribution in [0.5, 0.6) is 0 Å². The molecule has 1 atom stereocenters. The number of ether oxygens (including phenoxy) is 1. The van der Waals surface area contributed by atoms with Crippen LogP contribution in [0.3, 0.4) is 0 Å². The monoisotopic (exact) mass is 438 g/mol. The standard InChI is InChI=1S/C23H29F3N2O3/c1-16-9-13-27(14-10-16)21(30)19-15-31-22(11-3-2-4-12-22)28(19)20(29)17-5-7-18(8-6-17)23(24,25)26/h5-8,16,19H,2-4,9-15H2,1H3. The Balaban J connectivity index is 1.62. The summed E-state index contributed by atoms with van der Waals surface area (Å²) in [5.74, 6) is 0.0184. The largest absolute Gasteiger partial charge is 0.416 e. The third-order valence-corrected chi connectivity index (χ3v) is 6.95. The SMILES string of the molecule is CC1CCN(C(=O)C2COC3(CCCCC3)N2C(=O)c2ccc(C(F)(F)F)cc2)CC1. The van der Waals surface area contributed by atoms with Crippen LogP contribution < -0.4 is 0 Å². The number of likely N-dealkylation sites (tertiary alicyclic amines) is 1. The van der Waals surface area contributed by atoms with E-state index in [4.69, 9.17) is 4.74 Å². The molecular formula is C23H29F3N2O3. The van der Waals surface area contributed by atoms with Crippen molar-refractivity contribution in [3.63, 3.8) is 0 Å². The van der Waals surface area contributed by atoms with Crippen LogP contribution in [-0.2, 0) is 15.7 Å². The van der Waals surface area contributed by atoms with Crippen LogP contribution in [0.25, 0.3) is 0 Å². The van der Waals surface area contributed by atoms with E-state index in [-0.39, 0.29) is 18.1 Å². The summed E-state index contributed by atoms with van der Waals surface area (Å²) in [6, 6.07) is 3.50. The number of rotatable bonds is 2. The van der Waals surface area contributed by atoms with Crippen molar-refractivity contribution in [3.05, 3.63) is 35.4 Å². The number of nitrogens with zero attached hydrogens (tertiary/aromatic N) is 2. The summed E-state index contributed by atoms with van der Waals surface area (Å²) in [6.07, 6.45) is 1.48. The minimum atomic E-state index is -4.47. The van der Waals surface area contributed by atoms with Gasteiger partial charge in [-0.1, -0.05) is 13.3 Å². The molecule has 1 aliphatic carbocycles. The third-order valence-electron chi connectivity index (χ3n) is 6.95. The molecule has 31 heavy (non-hydrogen) atoms. The van der Waals surface area contributed by atoms with Crippen LogP contribution in [-0.4, -0.2) is 53.1 Å². The maximum atomic E-state index is 13.5. The Morgan fingerprint density at radius 1 is 1.03 bits per heavy atom. The lowest BCUT2D eigenvalue weighted by molar-refractivity contribution is -0.138. The van der Waals surface area contributed by atoms with Gasteiger partial charge >= 0.3 is 6.18 Å². The number of carbonyl (C=O) groups excluding carboxylic acids is 2. The van der Waals surface area contributed by atoms with Crippen LogP contribution in [0.2, 0.25) is 0 Å². The van der Waals surface area contributed by atoms with Gasteiger partial charge in [0.05, 0.1) is 12.2 Å². The number of carbonyl (C=O) groups is 2. The summed E-state index contributed by atoms with van der Waals surface area (Å²) in [5.41, 5.74) is -1.50. The Labute approximate surface area is 180 Å². The predicted molar refractivity (Wildman–Crippen MR) is 108 cm³/mol.